The normalized spacial score (nSPS) is 17.6. The predicted octanol–water partition coefficient (Wildman–Crippen LogP) is 5.31. The quantitative estimate of drug-likeness (QED) is 0.279. The fourth-order valence-electron chi connectivity index (χ4n) is 6.46. The highest BCUT2D eigenvalue weighted by Crippen LogP contribution is 2.32. The van der Waals surface area contributed by atoms with Gasteiger partial charge in [-0.3, -0.25) is 4.90 Å². The molecule has 0 atom stereocenters. The zero-order valence-electron chi connectivity index (χ0n) is 29.6. The number of β-amino-alcohol motifs (C(OH)–C–C–N with tert-alkyl or cyclic N) is 1. The van der Waals surface area contributed by atoms with E-state index in [2.05, 4.69) is 48.2 Å². The number of piperazine rings is 1. The molecule has 2 amide bonds. The number of urea groups is 1. The van der Waals surface area contributed by atoms with Crippen LogP contribution >= 0.6 is 0 Å². The number of anilines is 2. The smallest absolute Gasteiger partial charge is 0.321 e. The average Bonchev–Trinajstić information content (AvgIpc) is 3.16. The van der Waals surface area contributed by atoms with Gasteiger partial charge in [0, 0.05) is 94.2 Å². The number of amides is 2. The van der Waals surface area contributed by atoms with Gasteiger partial charge >= 0.3 is 6.03 Å². The second-order valence-corrected chi connectivity index (χ2v) is 11.9. The van der Waals surface area contributed by atoms with Crippen LogP contribution in [-0.2, 0) is 4.74 Å². The lowest BCUT2D eigenvalue weighted by molar-refractivity contribution is 0.108. The zero-order chi connectivity index (χ0) is 34.1. The maximum Gasteiger partial charge on any atom is 0.321 e. The Labute approximate surface area is 287 Å². The lowest BCUT2D eigenvalue weighted by Gasteiger charge is -2.34. The lowest BCUT2D eigenvalue weighted by Crippen LogP contribution is -2.47. The number of rotatable bonds is 10. The molecule has 3 saturated heterocycles. The van der Waals surface area contributed by atoms with Crippen LogP contribution in [0, 0.1) is 0 Å². The lowest BCUT2D eigenvalue weighted by atomic mass is 9.91. The van der Waals surface area contributed by atoms with Crippen LogP contribution in [0.1, 0.15) is 58.6 Å². The molecule has 0 unspecified atom stereocenters. The highest BCUT2D eigenvalue weighted by molar-refractivity contribution is 5.89. The Balaban J connectivity index is 0.00000125. The van der Waals surface area contributed by atoms with Crippen molar-refractivity contribution in [1.82, 2.24) is 24.7 Å². The highest BCUT2D eigenvalue weighted by Gasteiger charge is 2.26. The van der Waals surface area contributed by atoms with Crippen LogP contribution in [0.4, 0.5) is 16.2 Å². The Morgan fingerprint density at radius 3 is 2.21 bits per heavy atom. The van der Waals surface area contributed by atoms with Crippen LogP contribution in [-0.4, -0.2) is 128 Å². The van der Waals surface area contributed by atoms with Crippen LogP contribution < -0.4 is 15.0 Å². The Kier molecular flexibility index (Phi) is 15.6. The van der Waals surface area contributed by atoms with E-state index in [1.807, 2.05) is 56.9 Å². The summed E-state index contributed by atoms with van der Waals surface area (Å²) in [4.78, 5) is 31.2. The van der Waals surface area contributed by atoms with Crippen molar-refractivity contribution in [2.45, 2.75) is 52.9 Å². The third-order valence-electron chi connectivity index (χ3n) is 9.07. The van der Waals surface area contributed by atoms with Crippen molar-refractivity contribution in [1.29, 1.82) is 0 Å². The molecule has 3 fully saturated rings. The Morgan fingerprint density at radius 2 is 1.54 bits per heavy atom. The van der Waals surface area contributed by atoms with E-state index in [1.165, 1.54) is 0 Å². The molecule has 1 aromatic heterocycles. The summed E-state index contributed by atoms with van der Waals surface area (Å²) in [7, 11) is 0. The molecule has 0 aliphatic carbocycles. The molecular weight excluding hydrogens is 606 g/mol. The van der Waals surface area contributed by atoms with E-state index in [0.29, 0.717) is 19.7 Å². The number of benzene rings is 2. The van der Waals surface area contributed by atoms with Gasteiger partial charge < -0.3 is 34.6 Å². The summed E-state index contributed by atoms with van der Waals surface area (Å²) in [5, 5.41) is 13.2. The molecule has 2 aromatic carbocycles. The third kappa shape index (κ3) is 10.5. The zero-order valence-corrected chi connectivity index (χ0v) is 29.6. The molecule has 0 radical (unpaired) electrons. The Hall–Kier alpha value is -3.51. The first-order chi connectivity index (χ1) is 23.7. The van der Waals surface area contributed by atoms with Gasteiger partial charge in [0.1, 0.15) is 12.1 Å². The number of fused-ring (bicyclic) bond motifs is 1. The first-order valence-electron chi connectivity index (χ1n) is 18.1. The standard InChI is InChI=1S/C33H45N7O4.2C2H6/c41-20-17-38-15-13-37(14-16-38)10-1-21-44-29-6-7-30-31(24-29)34-25-35-32(30)26-8-11-40(12-9-26)33(42)36-27-2-4-28(5-3-27)39-18-22-43-23-19-39;2*1-2/h2-7,24-26,41H,1,8-23H2,(H,36,42);2*1-2H3. The number of ether oxygens (including phenoxy) is 2. The molecule has 0 spiro atoms. The first-order valence-corrected chi connectivity index (χ1v) is 18.1. The van der Waals surface area contributed by atoms with E-state index in [-0.39, 0.29) is 18.6 Å². The van der Waals surface area contributed by atoms with E-state index in [4.69, 9.17) is 14.6 Å². The van der Waals surface area contributed by atoms with Crippen LogP contribution in [0.5, 0.6) is 5.75 Å². The van der Waals surface area contributed by atoms with Crippen molar-refractivity contribution in [3.05, 3.63) is 54.5 Å². The minimum absolute atomic E-state index is 0.0548. The molecule has 6 rings (SSSR count). The van der Waals surface area contributed by atoms with Gasteiger partial charge in [-0.05, 0) is 55.7 Å². The topological polar surface area (TPSA) is 107 Å². The summed E-state index contributed by atoms with van der Waals surface area (Å²) in [5.41, 5.74) is 3.92. The number of nitrogens with zero attached hydrogens (tertiary/aromatic N) is 6. The number of hydrogen-bond acceptors (Lipinski definition) is 9. The van der Waals surface area contributed by atoms with Gasteiger partial charge in [0.05, 0.1) is 37.6 Å². The largest absolute Gasteiger partial charge is 0.493 e. The van der Waals surface area contributed by atoms with E-state index in [9.17, 15) is 4.79 Å². The fraction of sp³-hybridized carbons (Fsp3) is 0.595. The molecule has 0 saturated carbocycles. The van der Waals surface area contributed by atoms with E-state index in [1.54, 1.807) is 6.33 Å². The number of aliphatic hydroxyl groups is 1. The average molecular weight is 664 g/mol. The van der Waals surface area contributed by atoms with Gasteiger partial charge in [-0.25, -0.2) is 14.8 Å². The van der Waals surface area contributed by atoms with E-state index in [0.717, 1.165) is 119 Å². The molecule has 4 heterocycles. The highest BCUT2D eigenvalue weighted by atomic mass is 16.5. The maximum atomic E-state index is 13.0. The van der Waals surface area contributed by atoms with Crippen molar-refractivity contribution in [2.75, 3.05) is 102 Å². The van der Waals surface area contributed by atoms with E-state index >= 15 is 0 Å². The van der Waals surface area contributed by atoms with Crippen LogP contribution in [0.25, 0.3) is 10.9 Å². The number of likely N-dealkylation sites (tertiary alicyclic amines) is 1. The van der Waals surface area contributed by atoms with Crippen LogP contribution in [0.15, 0.2) is 48.8 Å². The molecule has 3 aliphatic heterocycles. The SMILES string of the molecule is CC.CC.O=C(Nc1ccc(N2CCOCC2)cc1)N1CCC(c2ncnc3cc(OCCCN4CCN(CCO)CC4)ccc23)CC1. The van der Waals surface area contributed by atoms with Crippen molar-refractivity contribution in [3.63, 3.8) is 0 Å². The molecular formula is C37H57N7O4. The molecule has 2 N–H and O–H groups in total. The van der Waals surface area contributed by atoms with Gasteiger partial charge in [0.2, 0.25) is 0 Å². The minimum Gasteiger partial charge on any atom is -0.493 e. The summed E-state index contributed by atoms with van der Waals surface area (Å²) in [5.74, 6) is 1.11. The van der Waals surface area contributed by atoms with Crippen molar-refractivity contribution >= 4 is 28.3 Å². The molecule has 264 valence electrons. The van der Waals surface area contributed by atoms with Crippen molar-refractivity contribution in [2.24, 2.45) is 0 Å². The third-order valence-corrected chi connectivity index (χ3v) is 9.07. The summed E-state index contributed by atoms with van der Waals surface area (Å²) in [6, 6.07) is 14.1. The summed E-state index contributed by atoms with van der Waals surface area (Å²) in [6.45, 7) is 19.5. The number of aliphatic hydroxyl groups excluding tert-OH is 1. The van der Waals surface area contributed by atoms with Gasteiger partial charge in [0.15, 0.2) is 0 Å². The fourth-order valence-corrected chi connectivity index (χ4v) is 6.46. The molecule has 48 heavy (non-hydrogen) atoms. The number of aromatic nitrogens is 2. The van der Waals surface area contributed by atoms with Crippen LogP contribution in [0.3, 0.4) is 0 Å². The van der Waals surface area contributed by atoms with E-state index < -0.39 is 0 Å². The number of carbonyl (C=O) groups excluding carboxylic acids is 1. The number of hydrogen-bond donors (Lipinski definition) is 2. The first kappa shape index (κ1) is 37.3. The van der Waals surface area contributed by atoms with Gasteiger partial charge in [-0.2, -0.15) is 0 Å². The summed E-state index contributed by atoms with van der Waals surface area (Å²) in [6.07, 6.45) is 4.35. The van der Waals surface area contributed by atoms with Gasteiger partial charge in [-0.1, -0.05) is 27.7 Å². The second-order valence-electron chi connectivity index (χ2n) is 11.9. The number of morpholine rings is 1. The number of piperidine rings is 1. The molecule has 0 bridgehead atoms. The Morgan fingerprint density at radius 1 is 0.875 bits per heavy atom. The number of nitrogens with one attached hydrogen (secondary N) is 1. The summed E-state index contributed by atoms with van der Waals surface area (Å²) >= 11 is 0. The molecule has 3 aromatic rings. The Bertz CT molecular complexity index is 1350. The molecule has 11 nitrogen and oxygen atoms in total. The van der Waals surface area contributed by atoms with Crippen molar-refractivity contribution in [3.8, 4) is 5.75 Å². The monoisotopic (exact) mass is 663 g/mol. The van der Waals surface area contributed by atoms with Gasteiger partial charge in [0.25, 0.3) is 0 Å². The summed E-state index contributed by atoms with van der Waals surface area (Å²) < 4.78 is 11.5. The maximum absolute atomic E-state index is 13.0. The number of carbonyl (C=O) groups is 1. The van der Waals surface area contributed by atoms with Crippen molar-refractivity contribution < 1.29 is 19.4 Å². The second kappa shape index (κ2) is 20.1. The van der Waals surface area contributed by atoms with Gasteiger partial charge in [-0.15, -0.1) is 0 Å². The molecule has 11 heteroatoms. The predicted molar refractivity (Wildman–Crippen MR) is 194 cm³/mol. The minimum atomic E-state index is -0.0548. The molecule has 3 aliphatic rings. The van der Waals surface area contributed by atoms with Crippen LogP contribution in [0.2, 0.25) is 0 Å².